The minimum Gasteiger partial charge on any atom is -0.496 e. The average molecular weight is 469 g/mol. The Kier molecular flexibility index (Phi) is 5.97. The van der Waals surface area contributed by atoms with Crippen LogP contribution >= 0.6 is 11.6 Å². The summed E-state index contributed by atoms with van der Waals surface area (Å²) in [4.78, 5) is 14.7. The van der Waals surface area contributed by atoms with Gasteiger partial charge in [0, 0.05) is 29.3 Å². The summed E-state index contributed by atoms with van der Waals surface area (Å²) in [6.07, 6.45) is 0. The van der Waals surface area contributed by atoms with Crippen LogP contribution in [0.15, 0.2) is 48.5 Å². The molecule has 0 saturated heterocycles. The van der Waals surface area contributed by atoms with Gasteiger partial charge in [0.2, 0.25) is 0 Å². The Balaban J connectivity index is 1.90. The number of nitrogens with one attached hydrogen (secondary N) is 1. The third-order valence-electron chi connectivity index (χ3n) is 5.88. The second-order valence-electron chi connectivity index (χ2n) is 8.65. The first-order chi connectivity index (χ1) is 15.6. The number of rotatable bonds is 5. The second kappa shape index (κ2) is 8.60. The Morgan fingerprint density at radius 2 is 1.82 bits per heavy atom. The molecule has 0 fully saturated rings. The van der Waals surface area contributed by atoms with Crippen LogP contribution in [0.5, 0.6) is 11.5 Å². The number of halogens is 2. The molecule has 4 rings (SSSR count). The predicted molar refractivity (Wildman–Crippen MR) is 130 cm³/mol. The zero-order valence-electron chi connectivity index (χ0n) is 19.3. The highest BCUT2D eigenvalue weighted by atomic mass is 35.5. The summed E-state index contributed by atoms with van der Waals surface area (Å²) < 4.78 is 25.5. The van der Waals surface area contributed by atoms with Crippen LogP contribution in [0.4, 0.5) is 15.8 Å². The Morgan fingerprint density at radius 3 is 2.55 bits per heavy atom. The van der Waals surface area contributed by atoms with Gasteiger partial charge < -0.3 is 19.7 Å². The molecule has 3 aromatic carbocycles. The summed E-state index contributed by atoms with van der Waals surface area (Å²) >= 11 is 6.31. The highest BCUT2D eigenvalue weighted by molar-refractivity contribution is 6.31. The van der Waals surface area contributed by atoms with Gasteiger partial charge in [-0.3, -0.25) is 4.79 Å². The normalized spacial score (nSPS) is 14.5. The minimum atomic E-state index is -0.756. The predicted octanol–water partition coefficient (Wildman–Crippen LogP) is 6.21. The van der Waals surface area contributed by atoms with E-state index in [4.69, 9.17) is 21.1 Å². The summed E-state index contributed by atoms with van der Waals surface area (Å²) in [6.45, 7) is 5.65. The first-order valence-electron chi connectivity index (χ1n) is 10.6. The third kappa shape index (κ3) is 4.23. The van der Waals surface area contributed by atoms with Gasteiger partial charge in [0.25, 0.3) is 5.91 Å². The maximum Gasteiger partial charge on any atom is 0.251 e. The average Bonchev–Trinajstić information content (AvgIpc) is 2.77. The third-order valence-corrected chi connectivity index (χ3v) is 6.11. The molecule has 172 valence electrons. The lowest BCUT2D eigenvalue weighted by Crippen LogP contribution is -2.52. The molecule has 1 amide bonds. The van der Waals surface area contributed by atoms with Crippen molar-refractivity contribution in [2.24, 2.45) is 0 Å². The molecule has 0 saturated carbocycles. The van der Waals surface area contributed by atoms with Gasteiger partial charge >= 0.3 is 0 Å². The molecule has 1 N–H and O–H groups in total. The Hall–Kier alpha value is -3.25. The fraction of sp³-hybridized carbons (Fsp3) is 0.269. The number of amides is 1. The van der Waals surface area contributed by atoms with E-state index in [9.17, 15) is 9.18 Å². The number of ether oxygens (including phenoxy) is 2. The summed E-state index contributed by atoms with van der Waals surface area (Å²) in [5.41, 5.74) is 3.90. The molecule has 0 bridgehead atoms. The van der Waals surface area contributed by atoms with E-state index in [-0.39, 0.29) is 18.3 Å². The number of fused-ring (bicyclic) bond motifs is 1. The molecule has 5 nitrogen and oxygen atoms in total. The number of hydrogen-bond acceptors (Lipinski definition) is 4. The van der Waals surface area contributed by atoms with Gasteiger partial charge in [-0.05, 0) is 62.2 Å². The second-order valence-corrected chi connectivity index (χ2v) is 9.08. The van der Waals surface area contributed by atoms with E-state index < -0.39 is 5.54 Å². The van der Waals surface area contributed by atoms with Gasteiger partial charge in [0.1, 0.15) is 29.5 Å². The van der Waals surface area contributed by atoms with Crippen molar-refractivity contribution in [1.29, 1.82) is 0 Å². The molecule has 1 aliphatic rings. The number of methoxy groups -OCH3 is 1. The Morgan fingerprint density at radius 1 is 1.06 bits per heavy atom. The van der Waals surface area contributed by atoms with Crippen LogP contribution in [-0.4, -0.2) is 25.6 Å². The van der Waals surface area contributed by atoms with Gasteiger partial charge in [0.15, 0.2) is 0 Å². The highest BCUT2D eigenvalue weighted by Gasteiger charge is 2.38. The molecular formula is C26H26ClFN2O3. The van der Waals surface area contributed by atoms with Gasteiger partial charge in [-0.25, -0.2) is 4.39 Å². The van der Waals surface area contributed by atoms with Crippen LogP contribution in [0.25, 0.3) is 11.1 Å². The number of hydrogen-bond donors (Lipinski definition) is 1. The quantitative estimate of drug-likeness (QED) is 0.483. The lowest BCUT2D eigenvalue weighted by atomic mass is 9.92. The number of nitrogens with zero attached hydrogens (tertiary/aromatic N) is 1. The number of aryl methyl sites for hydroxylation is 1. The van der Waals surface area contributed by atoms with Gasteiger partial charge in [0.05, 0.1) is 18.5 Å². The highest BCUT2D eigenvalue weighted by Crippen LogP contribution is 2.44. The first-order valence-corrected chi connectivity index (χ1v) is 10.9. The van der Waals surface area contributed by atoms with Crippen molar-refractivity contribution in [3.8, 4) is 22.6 Å². The smallest absolute Gasteiger partial charge is 0.251 e. The molecule has 7 heteroatoms. The van der Waals surface area contributed by atoms with Crippen molar-refractivity contribution in [3.05, 3.63) is 70.5 Å². The van der Waals surface area contributed by atoms with E-state index in [1.807, 2.05) is 39.0 Å². The van der Waals surface area contributed by atoms with Crippen molar-refractivity contribution in [3.63, 3.8) is 0 Å². The summed E-state index contributed by atoms with van der Waals surface area (Å²) in [5.74, 6) is 0.627. The van der Waals surface area contributed by atoms with Crippen LogP contribution in [-0.2, 0) is 11.4 Å². The molecular weight excluding hydrogens is 443 g/mol. The number of benzene rings is 3. The minimum absolute atomic E-state index is 0.0756. The van der Waals surface area contributed by atoms with E-state index >= 15 is 0 Å². The zero-order valence-corrected chi connectivity index (χ0v) is 20.0. The maximum absolute atomic E-state index is 13.9. The van der Waals surface area contributed by atoms with Crippen molar-refractivity contribution < 1.29 is 18.7 Å². The molecule has 0 unspecified atom stereocenters. The molecule has 1 heterocycles. The van der Waals surface area contributed by atoms with Crippen LogP contribution in [0, 0.1) is 12.7 Å². The van der Waals surface area contributed by atoms with Crippen molar-refractivity contribution in [1.82, 2.24) is 0 Å². The van der Waals surface area contributed by atoms with Gasteiger partial charge in [-0.1, -0.05) is 23.7 Å². The molecule has 0 spiro atoms. The van der Waals surface area contributed by atoms with Crippen LogP contribution in [0.1, 0.15) is 25.0 Å². The Labute approximate surface area is 198 Å². The summed E-state index contributed by atoms with van der Waals surface area (Å²) in [7, 11) is 3.34. The topological polar surface area (TPSA) is 50.8 Å². The van der Waals surface area contributed by atoms with Crippen molar-refractivity contribution in [2.75, 3.05) is 24.4 Å². The van der Waals surface area contributed by atoms with Gasteiger partial charge in [-0.2, -0.15) is 0 Å². The van der Waals surface area contributed by atoms with Crippen LogP contribution < -0.4 is 19.7 Å². The summed E-state index contributed by atoms with van der Waals surface area (Å²) in [5, 5.41) is 3.89. The van der Waals surface area contributed by atoms with E-state index in [0.717, 1.165) is 27.9 Å². The summed E-state index contributed by atoms with van der Waals surface area (Å²) in [6, 6.07) is 13.7. The van der Waals surface area contributed by atoms with Gasteiger partial charge in [-0.15, -0.1) is 0 Å². The standard InChI is InChI=1S/C26H26ClFN2O3/c1-15-6-8-17(28)13-23(15)33-14-20-18(19-12-16(27)7-11-22(19)32-5)9-10-21-24(20)30(4)25(31)26(2,3)29-21/h6-13,29H,14H2,1-5H3. The maximum atomic E-state index is 13.9. The molecule has 3 aromatic rings. The van der Waals surface area contributed by atoms with E-state index in [1.165, 1.54) is 12.1 Å². The molecule has 0 aliphatic carbocycles. The van der Waals surface area contributed by atoms with Crippen LogP contribution in [0.3, 0.4) is 0 Å². The molecule has 0 atom stereocenters. The lowest BCUT2D eigenvalue weighted by molar-refractivity contribution is -0.121. The fourth-order valence-corrected chi connectivity index (χ4v) is 4.37. The molecule has 0 radical (unpaired) electrons. The van der Waals surface area contributed by atoms with E-state index in [0.29, 0.717) is 22.2 Å². The van der Waals surface area contributed by atoms with E-state index in [2.05, 4.69) is 5.32 Å². The largest absolute Gasteiger partial charge is 0.496 e. The van der Waals surface area contributed by atoms with Crippen molar-refractivity contribution >= 4 is 28.9 Å². The number of likely N-dealkylation sites (N-methyl/N-ethyl adjacent to an activating group) is 1. The molecule has 33 heavy (non-hydrogen) atoms. The molecule has 1 aliphatic heterocycles. The lowest BCUT2D eigenvalue weighted by Gasteiger charge is -2.39. The van der Waals surface area contributed by atoms with Crippen LogP contribution in [0.2, 0.25) is 5.02 Å². The Bertz CT molecular complexity index is 1240. The van der Waals surface area contributed by atoms with E-state index in [1.54, 1.807) is 37.3 Å². The van der Waals surface area contributed by atoms with Crippen molar-refractivity contribution in [2.45, 2.75) is 32.9 Å². The number of anilines is 2. The number of carbonyl (C=O) groups excluding carboxylic acids is 1. The fourth-order valence-electron chi connectivity index (χ4n) is 4.20. The molecule has 0 aromatic heterocycles. The zero-order chi connectivity index (χ0) is 23.9. The first kappa shape index (κ1) is 22.9. The number of carbonyl (C=O) groups is 1. The SMILES string of the molecule is COc1ccc(Cl)cc1-c1ccc2c(c1COc1cc(F)ccc1C)N(C)C(=O)C(C)(C)N2. The monoisotopic (exact) mass is 468 g/mol.